The van der Waals surface area contributed by atoms with Gasteiger partial charge in [-0.1, -0.05) is 31.9 Å². The van der Waals surface area contributed by atoms with Crippen molar-refractivity contribution in [2.75, 3.05) is 33.2 Å². The number of carbonyl (C=O) groups is 4. The van der Waals surface area contributed by atoms with Gasteiger partial charge in [0, 0.05) is 45.3 Å². The molecule has 0 unspecified atom stereocenters. The molecule has 0 saturated carbocycles. The Morgan fingerprint density at radius 1 is 0.688 bits per heavy atom. The number of hydrogen-bond acceptors (Lipinski definition) is 11. The molecule has 0 bridgehead atoms. The number of oxazole rings is 2. The largest absolute Gasteiger partial charge is 0.432 e. The van der Waals surface area contributed by atoms with E-state index in [1.165, 1.54) is 12.2 Å². The number of carbonyl (C=O) groups excluding carboxylic acids is 4. The molecule has 0 spiro atoms. The van der Waals surface area contributed by atoms with Crippen LogP contribution in [0.4, 0.5) is 0 Å². The van der Waals surface area contributed by atoms with E-state index in [0.29, 0.717) is 37.1 Å². The standard InChI is InChI=1S/C35H31Br2N5O6/c1-18-14-20(6-8-22(18)36)34-40-28-26(43)16-24(30(45)32(28)47-34)38-10-4-12-42(3)13-5-11-39-25-17-27(44)29-33(31(25)46)48-35(41-29)21-7-9-23(37)19(2)15-21/h6-9,14-17,38-39H,4-5,10-13H2,1-3H3. The minimum atomic E-state index is -0.404. The lowest BCUT2D eigenvalue weighted by molar-refractivity contribution is 0.0956. The summed E-state index contributed by atoms with van der Waals surface area (Å²) in [5.41, 5.74) is 3.72. The average Bonchev–Trinajstić information content (AvgIpc) is 3.72. The minimum Gasteiger partial charge on any atom is -0.432 e. The molecule has 0 saturated heterocycles. The van der Waals surface area contributed by atoms with E-state index in [4.69, 9.17) is 8.83 Å². The number of ketones is 4. The van der Waals surface area contributed by atoms with Gasteiger partial charge in [-0.3, -0.25) is 19.2 Å². The number of halogens is 2. The van der Waals surface area contributed by atoms with Gasteiger partial charge in [0.25, 0.3) is 0 Å². The molecule has 13 heteroatoms. The number of aryl methyl sites for hydroxylation is 2. The third-order valence-corrected chi connectivity index (χ3v) is 9.83. The monoisotopic (exact) mass is 775 g/mol. The third kappa shape index (κ3) is 6.89. The van der Waals surface area contributed by atoms with Crippen molar-refractivity contribution in [2.24, 2.45) is 0 Å². The van der Waals surface area contributed by atoms with Crippen molar-refractivity contribution in [3.05, 3.63) is 103 Å². The van der Waals surface area contributed by atoms with Crippen molar-refractivity contribution in [1.29, 1.82) is 0 Å². The van der Waals surface area contributed by atoms with Crippen LogP contribution in [0.15, 0.2) is 77.7 Å². The molecule has 0 aliphatic heterocycles. The fourth-order valence-electron chi connectivity index (χ4n) is 5.38. The first kappa shape index (κ1) is 33.4. The molecular weight excluding hydrogens is 746 g/mol. The maximum atomic E-state index is 13.1. The summed E-state index contributed by atoms with van der Waals surface area (Å²) in [6.45, 7) is 6.26. The zero-order chi connectivity index (χ0) is 34.1. The van der Waals surface area contributed by atoms with Crippen molar-refractivity contribution in [2.45, 2.75) is 26.7 Å². The Bertz CT molecular complexity index is 1900. The fourth-order valence-corrected chi connectivity index (χ4v) is 5.87. The first-order valence-electron chi connectivity index (χ1n) is 15.3. The molecule has 0 atom stereocenters. The van der Waals surface area contributed by atoms with Crippen LogP contribution in [0.5, 0.6) is 0 Å². The number of Topliss-reactive ketones (excluding diaryl/α,β-unsaturated/α-hetero) is 2. The molecule has 0 fully saturated rings. The van der Waals surface area contributed by atoms with E-state index >= 15 is 0 Å². The quantitative estimate of drug-likeness (QED) is 0.157. The summed E-state index contributed by atoms with van der Waals surface area (Å²) >= 11 is 6.92. The summed E-state index contributed by atoms with van der Waals surface area (Å²) in [6.07, 6.45) is 3.97. The molecule has 2 N–H and O–H groups in total. The van der Waals surface area contributed by atoms with E-state index < -0.39 is 11.6 Å². The number of hydrogen-bond donors (Lipinski definition) is 2. The fraction of sp³-hybridized carbons (Fsp3) is 0.257. The van der Waals surface area contributed by atoms with Gasteiger partial charge in [0.15, 0.2) is 11.4 Å². The lowest BCUT2D eigenvalue weighted by Crippen LogP contribution is -2.31. The zero-order valence-corrected chi connectivity index (χ0v) is 29.6. The molecule has 2 heterocycles. The number of allylic oxidation sites excluding steroid dienone is 4. The summed E-state index contributed by atoms with van der Waals surface area (Å²) in [5, 5.41) is 6.15. The van der Waals surface area contributed by atoms with Crippen molar-refractivity contribution < 1.29 is 28.0 Å². The van der Waals surface area contributed by atoms with Gasteiger partial charge in [-0.25, -0.2) is 9.97 Å². The first-order chi connectivity index (χ1) is 23.0. The summed E-state index contributed by atoms with van der Waals surface area (Å²) in [6, 6.07) is 11.1. The van der Waals surface area contributed by atoms with Gasteiger partial charge in [0.1, 0.15) is 0 Å². The van der Waals surface area contributed by atoms with Crippen LogP contribution in [0.2, 0.25) is 0 Å². The van der Waals surface area contributed by atoms with E-state index in [1.807, 2.05) is 57.3 Å². The number of rotatable bonds is 12. The smallest absolute Gasteiger partial charge is 0.246 e. The van der Waals surface area contributed by atoms with E-state index in [1.54, 1.807) is 0 Å². The lowest BCUT2D eigenvalue weighted by Gasteiger charge is -2.18. The van der Waals surface area contributed by atoms with Gasteiger partial charge in [0.05, 0.1) is 11.4 Å². The maximum Gasteiger partial charge on any atom is 0.246 e. The highest BCUT2D eigenvalue weighted by molar-refractivity contribution is 9.10. The topological polar surface area (TPSA) is 148 Å². The number of aromatic nitrogens is 2. The van der Waals surface area contributed by atoms with Crippen LogP contribution in [0, 0.1) is 13.8 Å². The molecule has 2 aromatic heterocycles. The van der Waals surface area contributed by atoms with Gasteiger partial charge in [0.2, 0.25) is 46.4 Å². The average molecular weight is 777 g/mol. The van der Waals surface area contributed by atoms with Crippen LogP contribution in [0.3, 0.4) is 0 Å². The van der Waals surface area contributed by atoms with E-state index in [2.05, 4.69) is 57.4 Å². The number of nitrogens with zero attached hydrogens (tertiary/aromatic N) is 3. The van der Waals surface area contributed by atoms with Crippen LogP contribution in [0.25, 0.3) is 22.9 Å². The second-order valence-electron chi connectivity index (χ2n) is 11.7. The van der Waals surface area contributed by atoms with Crippen LogP contribution >= 0.6 is 31.9 Å². The first-order valence-corrected chi connectivity index (χ1v) is 16.9. The minimum absolute atomic E-state index is 0.0197. The van der Waals surface area contributed by atoms with Crippen LogP contribution < -0.4 is 10.6 Å². The van der Waals surface area contributed by atoms with Crippen molar-refractivity contribution in [3.63, 3.8) is 0 Å². The van der Waals surface area contributed by atoms with Crippen LogP contribution in [-0.4, -0.2) is 71.2 Å². The van der Waals surface area contributed by atoms with Gasteiger partial charge >= 0.3 is 0 Å². The zero-order valence-electron chi connectivity index (χ0n) is 26.4. The van der Waals surface area contributed by atoms with Gasteiger partial charge in [-0.2, -0.15) is 0 Å². The van der Waals surface area contributed by atoms with E-state index in [-0.39, 0.29) is 57.7 Å². The molecule has 6 rings (SSSR count). The normalized spacial score (nSPS) is 14.2. The van der Waals surface area contributed by atoms with Crippen molar-refractivity contribution >= 4 is 55.0 Å². The van der Waals surface area contributed by atoms with Gasteiger partial charge in [-0.05, 0) is 94.4 Å². The van der Waals surface area contributed by atoms with E-state index in [9.17, 15) is 19.2 Å². The van der Waals surface area contributed by atoms with Gasteiger partial charge < -0.3 is 24.4 Å². The summed E-state index contributed by atoms with van der Waals surface area (Å²) < 4.78 is 13.4. The predicted molar refractivity (Wildman–Crippen MR) is 185 cm³/mol. The number of benzene rings is 2. The molecule has 2 aromatic carbocycles. The Hall–Kier alpha value is -4.46. The van der Waals surface area contributed by atoms with Crippen molar-refractivity contribution in [3.8, 4) is 22.9 Å². The number of nitrogens with one attached hydrogen (secondary N) is 2. The molecule has 2 aliphatic rings. The highest BCUT2D eigenvalue weighted by Gasteiger charge is 2.33. The SMILES string of the molecule is Cc1cc(-c2nc3c(o2)C(=O)C(NCCCN(C)CCCNC2=CC(=O)c4nc(-c5ccc(Br)c(C)c5)oc4C2=O)=CC3=O)ccc1Br. The maximum absolute atomic E-state index is 13.1. The molecule has 0 amide bonds. The number of fused-ring (bicyclic) bond motifs is 2. The van der Waals surface area contributed by atoms with Crippen LogP contribution in [-0.2, 0) is 0 Å². The Balaban J connectivity index is 0.940. The second kappa shape index (κ2) is 14.0. The third-order valence-electron chi connectivity index (χ3n) is 8.05. The Labute approximate surface area is 293 Å². The summed E-state index contributed by atoms with van der Waals surface area (Å²) in [7, 11) is 1.97. The highest BCUT2D eigenvalue weighted by Crippen LogP contribution is 2.31. The second-order valence-corrected chi connectivity index (χ2v) is 13.4. The molecule has 0 radical (unpaired) electrons. The summed E-state index contributed by atoms with van der Waals surface area (Å²) in [5.74, 6) is -1.24. The summed E-state index contributed by atoms with van der Waals surface area (Å²) in [4.78, 5) is 62.3. The van der Waals surface area contributed by atoms with Crippen molar-refractivity contribution in [1.82, 2.24) is 25.5 Å². The van der Waals surface area contributed by atoms with Crippen LogP contribution in [0.1, 0.15) is 66.1 Å². The molecular formula is C35H31Br2N5O6. The molecule has 11 nitrogen and oxygen atoms in total. The predicted octanol–water partition coefficient (Wildman–Crippen LogP) is 6.26. The van der Waals surface area contributed by atoms with E-state index in [0.717, 1.165) is 33.2 Å². The molecule has 4 aromatic rings. The highest BCUT2D eigenvalue weighted by atomic mass is 79.9. The lowest BCUT2D eigenvalue weighted by atomic mass is 10.0. The Morgan fingerprint density at radius 2 is 1.10 bits per heavy atom. The molecule has 2 aliphatic carbocycles. The Kier molecular flexibility index (Phi) is 9.72. The Morgan fingerprint density at radius 3 is 1.50 bits per heavy atom. The molecule has 48 heavy (non-hydrogen) atoms. The van der Waals surface area contributed by atoms with Gasteiger partial charge in [-0.15, -0.1) is 0 Å². The molecule has 246 valence electrons.